The van der Waals surface area contributed by atoms with E-state index < -0.39 is 12.9 Å². The van der Waals surface area contributed by atoms with Gasteiger partial charge in [-0.3, -0.25) is 4.79 Å². The lowest BCUT2D eigenvalue weighted by atomic mass is 10.3. The lowest BCUT2D eigenvalue weighted by Crippen LogP contribution is -2.29. The number of Topliss-reactive ketones (excluding diaryl/α,β-unsaturated/α-hetero) is 1. The van der Waals surface area contributed by atoms with Gasteiger partial charge in [0.1, 0.15) is 0 Å². The zero-order valence-electron chi connectivity index (χ0n) is 14.4. The van der Waals surface area contributed by atoms with Crippen molar-refractivity contribution in [1.29, 1.82) is 0 Å². The number of hydrogen-bond acceptors (Lipinski definition) is 4. The molecule has 0 aliphatic rings. The molecule has 0 aliphatic carbocycles. The van der Waals surface area contributed by atoms with Crippen molar-refractivity contribution in [3.05, 3.63) is 91.0 Å². The van der Waals surface area contributed by atoms with E-state index in [0.717, 1.165) is 0 Å². The Balaban J connectivity index is 2.14. The molecule has 3 rings (SSSR count). The quantitative estimate of drug-likeness (QED) is 0.471. The molecule has 0 bridgehead atoms. The van der Waals surface area contributed by atoms with Crippen LogP contribution in [0.1, 0.15) is 6.92 Å². The van der Waals surface area contributed by atoms with E-state index in [1.165, 1.54) is 6.92 Å². The number of ketones is 1. The van der Waals surface area contributed by atoms with E-state index in [4.69, 9.17) is 0 Å². The van der Waals surface area contributed by atoms with Gasteiger partial charge in [-0.1, -0.05) is 78.9 Å². The molecule has 0 spiro atoms. The van der Waals surface area contributed by atoms with E-state index in [0.29, 0.717) is 16.3 Å². The first-order valence-corrected chi connectivity index (χ1v) is 10.1. The van der Waals surface area contributed by atoms with Crippen molar-refractivity contribution < 1.29 is 9.36 Å². The zero-order chi connectivity index (χ0) is 18.4. The molecule has 3 aromatic carbocycles. The minimum Gasteiger partial charge on any atom is -0.311 e. The first-order chi connectivity index (χ1) is 12.6. The Kier molecular flexibility index (Phi) is 5.55. The smallest absolute Gasteiger partial charge is 0.189 e. The number of hydrogen-bond donors (Lipinski definition) is 0. The van der Waals surface area contributed by atoms with Gasteiger partial charge in [0.2, 0.25) is 0 Å². The highest BCUT2D eigenvalue weighted by molar-refractivity contribution is 7.80. The summed E-state index contributed by atoms with van der Waals surface area (Å²) in [7, 11) is -3.34. The van der Waals surface area contributed by atoms with Crippen LogP contribution in [0.25, 0.3) is 0 Å². The summed E-state index contributed by atoms with van der Waals surface area (Å²) >= 11 is 0. The van der Waals surface area contributed by atoms with Crippen LogP contribution in [0.5, 0.6) is 0 Å². The SMILES string of the molecule is CC(=O)C(N=Nc1ccccc1)P(=O)(c1ccccc1)c1ccccc1. The Labute approximate surface area is 153 Å². The minimum atomic E-state index is -3.34. The molecule has 1 unspecified atom stereocenters. The molecule has 0 N–H and O–H groups in total. The van der Waals surface area contributed by atoms with Crippen LogP contribution in [0.2, 0.25) is 0 Å². The number of carbonyl (C=O) groups is 1. The molecule has 3 aromatic rings. The summed E-state index contributed by atoms with van der Waals surface area (Å²) in [6.45, 7) is 1.41. The first kappa shape index (κ1) is 18.0. The standard InChI is InChI=1S/C21H19N2O2P/c1-17(24)21(23-22-18-11-5-2-6-12-18)26(25,19-13-7-3-8-14-19)20-15-9-4-10-16-20/h2-16,21H,1H3. The van der Waals surface area contributed by atoms with Crippen LogP contribution >= 0.6 is 7.14 Å². The van der Waals surface area contributed by atoms with Crippen molar-refractivity contribution >= 4 is 29.2 Å². The van der Waals surface area contributed by atoms with E-state index in [1.54, 1.807) is 36.4 Å². The number of azo groups is 1. The fourth-order valence-electron chi connectivity index (χ4n) is 2.76. The second-order valence-electron chi connectivity index (χ2n) is 5.86. The lowest BCUT2D eigenvalue weighted by Gasteiger charge is -2.23. The van der Waals surface area contributed by atoms with Gasteiger partial charge in [-0.05, 0) is 19.1 Å². The van der Waals surface area contributed by atoms with Gasteiger partial charge >= 0.3 is 0 Å². The topological polar surface area (TPSA) is 58.9 Å². The molecule has 0 heterocycles. The van der Waals surface area contributed by atoms with Gasteiger partial charge in [0, 0.05) is 10.6 Å². The Morgan fingerprint density at radius 3 is 1.62 bits per heavy atom. The Bertz CT molecular complexity index is 898. The van der Waals surface area contributed by atoms with Crippen molar-refractivity contribution in [2.75, 3.05) is 0 Å². The lowest BCUT2D eigenvalue weighted by molar-refractivity contribution is -0.116. The Morgan fingerprint density at radius 2 is 1.19 bits per heavy atom. The average molecular weight is 362 g/mol. The van der Waals surface area contributed by atoms with E-state index in [9.17, 15) is 9.36 Å². The third-order valence-electron chi connectivity index (χ3n) is 4.03. The first-order valence-electron chi connectivity index (χ1n) is 8.29. The van der Waals surface area contributed by atoms with Gasteiger partial charge in [0.05, 0.1) is 5.69 Å². The molecule has 0 saturated carbocycles. The number of benzene rings is 3. The zero-order valence-corrected chi connectivity index (χ0v) is 15.3. The Morgan fingerprint density at radius 1 is 0.769 bits per heavy atom. The highest BCUT2D eigenvalue weighted by Gasteiger charge is 2.40. The molecule has 0 saturated heterocycles. The summed E-state index contributed by atoms with van der Waals surface area (Å²) in [5.41, 5.74) is 0.617. The number of carbonyl (C=O) groups excluding carboxylic acids is 1. The van der Waals surface area contributed by atoms with Gasteiger partial charge in [-0.2, -0.15) is 10.2 Å². The Hall–Kier alpha value is -2.84. The monoisotopic (exact) mass is 362 g/mol. The summed E-state index contributed by atoms with van der Waals surface area (Å²) in [5.74, 6) is -1.34. The molecule has 130 valence electrons. The van der Waals surface area contributed by atoms with Crippen LogP contribution in [0, 0.1) is 0 Å². The highest BCUT2D eigenvalue weighted by atomic mass is 31.2. The summed E-state index contributed by atoms with van der Waals surface area (Å²) in [5, 5.41) is 9.60. The second-order valence-corrected chi connectivity index (χ2v) is 8.70. The summed E-state index contributed by atoms with van der Waals surface area (Å²) in [6.07, 6.45) is 0. The van der Waals surface area contributed by atoms with Gasteiger partial charge < -0.3 is 4.57 Å². The maximum absolute atomic E-state index is 14.2. The third kappa shape index (κ3) is 3.71. The fourth-order valence-corrected chi connectivity index (χ4v) is 5.56. The van der Waals surface area contributed by atoms with Crippen LogP contribution in [0.4, 0.5) is 5.69 Å². The molecule has 0 aliphatic heterocycles. The molecular weight excluding hydrogens is 343 g/mol. The van der Waals surface area contributed by atoms with Crippen LogP contribution in [0.3, 0.4) is 0 Å². The predicted octanol–water partition coefficient (Wildman–Crippen LogP) is 4.70. The van der Waals surface area contributed by atoms with E-state index in [1.807, 2.05) is 54.6 Å². The normalized spacial score (nSPS) is 12.8. The van der Waals surface area contributed by atoms with Crippen molar-refractivity contribution in [3.63, 3.8) is 0 Å². The maximum Gasteiger partial charge on any atom is 0.189 e. The molecule has 0 fully saturated rings. The summed E-state index contributed by atoms with van der Waals surface area (Å²) < 4.78 is 14.2. The van der Waals surface area contributed by atoms with Gasteiger partial charge in [0.25, 0.3) is 0 Å². The van der Waals surface area contributed by atoms with E-state index in [-0.39, 0.29) is 5.78 Å². The molecule has 5 heteroatoms. The fraction of sp³-hybridized carbons (Fsp3) is 0.0952. The van der Waals surface area contributed by atoms with Crippen LogP contribution < -0.4 is 10.6 Å². The van der Waals surface area contributed by atoms with E-state index >= 15 is 0 Å². The summed E-state index contributed by atoms with van der Waals surface area (Å²) in [6, 6.07) is 27.2. The van der Waals surface area contributed by atoms with Crippen molar-refractivity contribution in [1.82, 2.24) is 0 Å². The summed E-state index contributed by atoms with van der Waals surface area (Å²) in [4.78, 5) is 12.4. The van der Waals surface area contributed by atoms with Crippen molar-refractivity contribution in [3.8, 4) is 0 Å². The van der Waals surface area contributed by atoms with Gasteiger partial charge in [0.15, 0.2) is 18.7 Å². The molecule has 0 radical (unpaired) electrons. The largest absolute Gasteiger partial charge is 0.311 e. The molecular formula is C21H19N2O2P. The average Bonchev–Trinajstić information content (AvgIpc) is 2.70. The molecule has 0 amide bonds. The van der Waals surface area contributed by atoms with Gasteiger partial charge in [-0.25, -0.2) is 0 Å². The van der Waals surface area contributed by atoms with Crippen LogP contribution in [0.15, 0.2) is 101 Å². The minimum absolute atomic E-state index is 0.277. The van der Waals surface area contributed by atoms with Crippen LogP contribution in [-0.4, -0.2) is 11.6 Å². The maximum atomic E-state index is 14.2. The van der Waals surface area contributed by atoms with E-state index in [2.05, 4.69) is 10.2 Å². The highest BCUT2D eigenvalue weighted by Crippen LogP contribution is 2.49. The molecule has 4 nitrogen and oxygen atoms in total. The number of nitrogens with zero attached hydrogens (tertiary/aromatic N) is 2. The molecule has 26 heavy (non-hydrogen) atoms. The van der Waals surface area contributed by atoms with Crippen LogP contribution in [-0.2, 0) is 9.36 Å². The number of rotatable bonds is 6. The third-order valence-corrected chi connectivity index (χ3v) is 7.31. The van der Waals surface area contributed by atoms with Crippen molar-refractivity contribution in [2.45, 2.75) is 12.7 Å². The van der Waals surface area contributed by atoms with Gasteiger partial charge in [-0.15, -0.1) is 0 Å². The molecule has 0 aromatic heterocycles. The molecule has 1 atom stereocenters. The predicted molar refractivity (Wildman–Crippen MR) is 105 cm³/mol. The second kappa shape index (κ2) is 8.03. The van der Waals surface area contributed by atoms with Crippen molar-refractivity contribution in [2.24, 2.45) is 10.2 Å².